The molecule has 1 N–H and O–H groups in total. The summed E-state index contributed by atoms with van der Waals surface area (Å²) in [4.78, 5) is 12.9. The van der Waals surface area contributed by atoms with E-state index in [0.29, 0.717) is 18.1 Å². The number of hydrogen-bond acceptors (Lipinski definition) is 2. The number of Topliss-reactive ketones (excluding diaryl/α,β-unsaturated/α-hetero) is 1. The lowest BCUT2D eigenvalue weighted by molar-refractivity contribution is -0.176. The molecular weight excluding hydrogens is 272 g/mol. The summed E-state index contributed by atoms with van der Waals surface area (Å²) in [7, 11) is 0. The lowest BCUT2D eigenvalue weighted by Crippen LogP contribution is -2.60. The molecule has 0 amide bonds. The third kappa shape index (κ3) is 2.21. The van der Waals surface area contributed by atoms with Crippen LogP contribution in [0.1, 0.15) is 66.2 Å². The first-order valence-electron chi connectivity index (χ1n) is 8.97. The van der Waals surface area contributed by atoms with Crippen molar-refractivity contribution in [3.05, 3.63) is 12.7 Å². The van der Waals surface area contributed by atoms with Crippen molar-refractivity contribution >= 4 is 5.78 Å². The van der Waals surface area contributed by atoms with Gasteiger partial charge in [0.15, 0.2) is 0 Å². The van der Waals surface area contributed by atoms with E-state index in [-0.39, 0.29) is 34.2 Å². The van der Waals surface area contributed by atoms with Crippen LogP contribution in [0.25, 0.3) is 0 Å². The molecule has 0 aromatic rings. The molecule has 0 saturated heterocycles. The standard InChI is InChI=1S/C20H32O2/c1-6-19(4)11-13-14(21)10-16-18(2,3)8-7-9-20(16,5)17(13)15(22)12-19/h6,13,15-17,22H,1,7-12H2,2-5H3/t13-,15+,16+,17-,19+,20+/m1/s1. The topological polar surface area (TPSA) is 37.3 Å². The van der Waals surface area contributed by atoms with Crippen molar-refractivity contribution < 1.29 is 9.90 Å². The number of ketones is 1. The highest BCUT2D eigenvalue weighted by atomic mass is 16.3. The summed E-state index contributed by atoms with van der Waals surface area (Å²) in [5.41, 5.74) is 0.235. The van der Waals surface area contributed by atoms with Gasteiger partial charge in [-0.25, -0.2) is 0 Å². The average Bonchev–Trinajstić information content (AvgIpc) is 2.40. The molecule has 0 unspecified atom stereocenters. The highest BCUT2D eigenvalue weighted by Gasteiger charge is 2.61. The SMILES string of the molecule is C=C[C@@]1(C)C[C@@H]2C(=O)C[C@H]3C(C)(C)CCC[C@]3(C)[C@H]2[C@@H](O)C1. The van der Waals surface area contributed by atoms with Gasteiger partial charge in [0.2, 0.25) is 0 Å². The van der Waals surface area contributed by atoms with Crippen molar-refractivity contribution in [2.75, 3.05) is 0 Å². The summed E-state index contributed by atoms with van der Waals surface area (Å²) in [5.74, 6) is 0.993. The quantitative estimate of drug-likeness (QED) is 0.730. The Morgan fingerprint density at radius 2 is 1.86 bits per heavy atom. The highest BCUT2D eigenvalue weighted by molar-refractivity contribution is 5.83. The van der Waals surface area contributed by atoms with Crippen molar-refractivity contribution in [2.45, 2.75) is 72.3 Å². The molecule has 0 aromatic carbocycles. The van der Waals surface area contributed by atoms with Gasteiger partial charge in [-0.3, -0.25) is 4.79 Å². The van der Waals surface area contributed by atoms with Crippen molar-refractivity contribution in [2.24, 2.45) is 34.0 Å². The average molecular weight is 304 g/mol. The fourth-order valence-electron chi connectivity index (χ4n) is 6.39. The van der Waals surface area contributed by atoms with Crippen LogP contribution in [0.4, 0.5) is 0 Å². The molecule has 0 radical (unpaired) electrons. The normalized spacial score (nSPS) is 50.9. The van der Waals surface area contributed by atoms with Crippen LogP contribution in [0, 0.1) is 34.0 Å². The Labute approximate surface area is 135 Å². The molecule has 3 aliphatic carbocycles. The molecule has 0 spiro atoms. The maximum atomic E-state index is 12.9. The Morgan fingerprint density at radius 1 is 1.18 bits per heavy atom. The number of rotatable bonds is 1. The van der Waals surface area contributed by atoms with Crippen LogP contribution in [0.15, 0.2) is 12.7 Å². The zero-order valence-corrected chi connectivity index (χ0v) is 14.7. The van der Waals surface area contributed by atoms with E-state index in [9.17, 15) is 9.90 Å². The monoisotopic (exact) mass is 304 g/mol. The maximum absolute atomic E-state index is 12.9. The van der Waals surface area contributed by atoms with Gasteiger partial charge in [0, 0.05) is 18.3 Å². The molecule has 0 aromatic heterocycles. The second kappa shape index (κ2) is 4.93. The molecule has 6 atom stereocenters. The van der Waals surface area contributed by atoms with Crippen LogP contribution >= 0.6 is 0 Å². The minimum atomic E-state index is -0.368. The van der Waals surface area contributed by atoms with Crippen LogP contribution in [0.2, 0.25) is 0 Å². The molecule has 124 valence electrons. The van der Waals surface area contributed by atoms with Gasteiger partial charge >= 0.3 is 0 Å². The van der Waals surface area contributed by atoms with Gasteiger partial charge in [0.25, 0.3) is 0 Å². The van der Waals surface area contributed by atoms with E-state index in [0.717, 1.165) is 19.3 Å². The molecule has 3 saturated carbocycles. The van der Waals surface area contributed by atoms with Crippen molar-refractivity contribution in [3.8, 4) is 0 Å². The molecule has 0 aliphatic heterocycles. The van der Waals surface area contributed by atoms with E-state index in [4.69, 9.17) is 0 Å². The van der Waals surface area contributed by atoms with Crippen molar-refractivity contribution in [3.63, 3.8) is 0 Å². The first-order chi connectivity index (χ1) is 10.1. The predicted octanol–water partition coefficient (Wildman–Crippen LogP) is 4.37. The molecule has 2 heteroatoms. The van der Waals surface area contributed by atoms with E-state index in [1.807, 2.05) is 6.08 Å². The van der Waals surface area contributed by atoms with Crippen molar-refractivity contribution in [1.29, 1.82) is 0 Å². The largest absolute Gasteiger partial charge is 0.393 e. The van der Waals surface area contributed by atoms with E-state index < -0.39 is 0 Å². The molecule has 0 heterocycles. The zero-order valence-electron chi connectivity index (χ0n) is 14.7. The van der Waals surface area contributed by atoms with E-state index in [1.54, 1.807) is 0 Å². The first-order valence-corrected chi connectivity index (χ1v) is 8.97. The zero-order chi connectivity index (χ0) is 16.3. The molecule has 3 fully saturated rings. The van der Waals surface area contributed by atoms with Gasteiger partial charge in [-0.2, -0.15) is 0 Å². The molecule has 2 nitrogen and oxygen atoms in total. The van der Waals surface area contributed by atoms with Gasteiger partial charge in [0.05, 0.1) is 6.10 Å². The van der Waals surface area contributed by atoms with Gasteiger partial charge in [-0.1, -0.05) is 40.2 Å². The number of aliphatic hydroxyl groups excluding tert-OH is 1. The van der Waals surface area contributed by atoms with Crippen LogP contribution < -0.4 is 0 Å². The third-order valence-electron chi connectivity index (χ3n) is 7.56. The summed E-state index contributed by atoms with van der Waals surface area (Å²) >= 11 is 0. The summed E-state index contributed by atoms with van der Waals surface area (Å²) < 4.78 is 0. The molecule has 3 rings (SSSR count). The number of carbonyl (C=O) groups is 1. The van der Waals surface area contributed by atoms with Gasteiger partial charge in [-0.15, -0.1) is 6.58 Å². The highest BCUT2D eigenvalue weighted by Crippen LogP contribution is 2.64. The lowest BCUT2D eigenvalue weighted by atomic mass is 9.42. The Hall–Kier alpha value is -0.630. The molecular formula is C20H32O2. The minimum absolute atomic E-state index is 0.0295. The minimum Gasteiger partial charge on any atom is -0.393 e. The van der Waals surface area contributed by atoms with Crippen LogP contribution in [0.5, 0.6) is 0 Å². The van der Waals surface area contributed by atoms with Crippen molar-refractivity contribution in [1.82, 2.24) is 0 Å². The third-order valence-corrected chi connectivity index (χ3v) is 7.56. The number of fused-ring (bicyclic) bond motifs is 3. The Kier molecular flexibility index (Phi) is 3.64. The predicted molar refractivity (Wildman–Crippen MR) is 89.4 cm³/mol. The van der Waals surface area contributed by atoms with Gasteiger partial charge in [-0.05, 0) is 47.8 Å². The summed E-state index contributed by atoms with van der Waals surface area (Å²) in [6, 6.07) is 0. The number of hydrogen-bond donors (Lipinski definition) is 1. The number of carbonyl (C=O) groups excluding carboxylic acids is 1. The smallest absolute Gasteiger partial charge is 0.136 e. The second-order valence-corrected chi connectivity index (χ2v) is 9.54. The molecule has 3 aliphatic rings. The summed E-state index contributed by atoms with van der Waals surface area (Å²) in [6.07, 6.45) is 7.53. The molecule has 22 heavy (non-hydrogen) atoms. The van der Waals surface area contributed by atoms with Crippen LogP contribution in [-0.2, 0) is 4.79 Å². The Bertz CT molecular complexity index is 494. The van der Waals surface area contributed by atoms with E-state index in [2.05, 4.69) is 34.3 Å². The Morgan fingerprint density at radius 3 is 2.50 bits per heavy atom. The summed E-state index contributed by atoms with van der Waals surface area (Å²) in [5, 5.41) is 11.0. The van der Waals surface area contributed by atoms with Crippen LogP contribution in [0.3, 0.4) is 0 Å². The second-order valence-electron chi connectivity index (χ2n) is 9.54. The first kappa shape index (κ1) is 16.2. The Balaban J connectivity index is 2.01. The van der Waals surface area contributed by atoms with E-state index >= 15 is 0 Å². The van der Waals surface area contributed by atoms with E-state index in [1.165, 1.54) is 12.8 Å². The number of aliphatic hydroxyl groups is 1. The number of allylic oxidation sites excluding steroid dienone is 1. The molecule has 0 bridgehead atoms. The van der Waals surface area contributed by atoms with Gasteiger partial charge in [0.1, 0.15) is 5.78 Å². The van der Waals surface area contributed by atoms with Gasteiger partial charge < -0.3 is 5.11 Å². The fourth-order valence-corrected chi connectivity index (χ4v) is 6.39. The fraction of sp³-hybridized carbons (Fsp3) is 0.850. The van der Waals surface area contributed by atoms with Crippen LogP contribution in [-0.4, -0.2) is 17.0 Å². The lowest BCUT2D eigenvalue weighted by Gasteiger charge is -2.62. The maximum Gasteiger partial charge on any atom is 0.136 e. The summed E-state index contributed by atoms with van der Waals surface area (Å²) in [6.45, 7) is 13.1.